The minimum absolute atomic E-state index is 0.00583. The molecule has 3 N–H and O–H groups in total. The van der Waals surface area contributed by atoms with Gasteiger partial charge in [0.2, 0.25) is 0 Å². The van der Waals surface area contributed by atoms with Crippen molar-refractivity contribution in [2.45, 2.75) is 33.7 Å². The zero-order chi connectivity index (χ0) is 23.9. The first kappa shape index (κ1) is 22.0. The van der Waals surface area contributed by atoms with Gasteiger partial charge in [0.1, 0.15) is 17.1 Å². The Bertz CT molecular complexity index is 1450. The number of nitrogens with one attached hydrogen (secondary N) is 1. The van der Waals surface area contributed by atoms with E-state index in [-0.39, 0.29) is 11.2 Å². The van der Waals surface area contributed by atoms with Crippen molar-refractivity contribution in [2.24, 2.45) is 5.41 Å². The van der Waals surface area contributed by atoms with Crippen LogP contribution in [0.15, 0.2) is 39.5 Å². The van der Waals surface area contributed by atoms with Crippen molar-refractivity contribution in [1.29, 1.82) is 0 Å². The lowest BCUT2D eigenvalue weighted by Crippen LogP contribution is -2.30. The number of fused-ring (bicyclic) bond motifs is 2. The zero-order valence-electron chi connectivity index (χ0n) is 19.2. The Hall–Kier alpha value is -3.86. The Morgan fingerprint density at radius 1 is 1.18 bits per heavy atom. The van der Waals surface area contributed by atoms with E-state index in [0.29, 0.717) is 53.4 Å². The zero-order valence-corrected chi connectivity index (χ0v) is 19.2. The third-order valence-corrected chi connectivity index (χ3v) is 5.45. The number of nitrogens with two attached hydrogens (primary N) is 1. The molecule has 4 heterocycles. The normalized spacial score (nSPS) is 12.2. The van der Waals surface area contributed by atoms with Gasteiger partial charge in [0.25, 0.3) is 0 Å². The number of halogens is 1. The van der Waals surface area contributed by atoms with Gasteiger partial charge in [-0.1, -0.05) is 20.8 Å². The van der Waals surface area contributed by atoms with Crippen molar-refractivity contribution in [2.75, 3.05) is 18.8 Å². The van der Waals surface area contributed by atoms with Crippen LogP contribution >= 0.6 is 0 Å². The molecule has 1 aromatic carbocycles. The summed E-state index contributed by atoms with van der Waals surface area (Å²) in [6.07, 6.45) is 1.12. The van der Waals surface area contributed by atoms with E-state index in [1.165, 1.54) is 0 Å². The van der Waals surface area contributed by atoms with E-state index in [1.54, 1.807) is 6.26 Å². The summed E-state index contributed by atoms with van der Waals surface area (Å²) in [6.45, 7) is 8.49. The summed E-state index contributed by atoms with van der Waals surface area (Å²) in [7, 11) is 0. The largest absolute Gasteiger partial charge is 0.464 e. The molecule has 0 aliphatic heterocycles. The molecule has 0 fully saturated rings. The molecule has 5 rings (SSSR count). The molecule has 0 bridgehead atoms. The molecule has 4 aromatic heterocycles. The summed E-state index contributed by atoms with van der Waals surface area (Å²) in [5.74, 6) is 1.35. The third-order valence-electron chi connectivity index (χ3n) is 5.45. The fourth-order valence-electron chi connectivity index (χ4n) is 3.91. The second-order valence-corrected chi connectivity index (χ2v) is 9.37. The van der Waals surface area contributed by atoms with Crippen LogP contribution in [0.5, 0.6) is 0 Å². The van der Waals surface area contributed by atoms with Crippen LogP contribution in [0.3, 0.4) is 0 Å². The first-order chi connectivity index (χ1) is 16.3. The van der Waals surface area contributed by atoms with Crippen LogP contribution in [0.2, 0.25) is 0 Å². The fraction of sp³-hybridized carbons (Fsp3) is 0.348. The number of furan rings is 1. The SMILES string of the molecule is CC(C)(C)CNCCn1c(Cc2cc3onnc3cc2-c2ccco2)nc2c(N)nc(F)nc21. The van der Waals surface area contributed by atoms with Crippen molar-refractivity contribution >= 4 is 28.1 Å². The molecule has 0 radical (unpaired) electrons. The third kappa shape index (κ3) is 4.34. The molecule has 176 valence electrons. The second-order valence-electron chi connectivity index (χ2n) is 9.37. The standard InChI is InChI=1S/C23H25FN8O2/c1-23(2,3)12-26-6-7-32-18(27-19-20(25)28-22(24)29-21(19)32)10-13-9-17-15(30-31-34-17)11-14(13)16-5-4-8-33-16/h4-5,8-9,11,26H,6-7,10,12H2,1-3H3,(H2,25,28,29). The molecule has 0 atom stereocenters. The maximum Gasteiger partial charge on any atom is 0.312 e. The van der Waals surface area contributed by atoms with E-state index < -0.39 is 6.08 Å². The van der Waals surface area contributed by atoms with Crippen molar-refractivity contribution in [1.82, 2.24) is 35.2 Å². The average Bonchev–Trinajstić information content (AvgIpc) is 3.50. The average molecular weight is 465 g/mol. The van der Waals surface area contributed by atoms with Crippen LogP contribution in [0.4, 0.5) is 10.2 Å². The molecule has 0 saturated heterocycles. The fourth-order valence-corrected chi connectivity index (χ4v) is 3.91. The Morgan fingerprint density at radius 3 is 2.79 bits per heavy atom. The highest BCUT2D eigenvalue weighted by atomic mass is 19.1. The van der Waals surface area contributed by atoms with Gasteiger partial charge in [0, 0.05) is 36.9 Å². The Morgan fingerprint density at radius 2 is 2.03 bits per heavy atom. The van der Waals surface area contributed by atoms with Gasteiger partial charge in [-0.05, 0) is 35.2 Å². The maximum atomic E-state index is 14.0. The van der Waals surface area contributed by atoms with E-state index in [4.69, 9.17) is 19.7 Å². The predicted molar refractivity (Wildman–Crippen MR) is 124 cm³/mol. The maximum absolute atomic E-state index is 14.0. The molecule has 10 nitrogen and oxygen atoms in total. The molecular weight excluding hydrogens is 439 g/mol. The van der Waals surface area contributed by atoms with E-state index >= 15 is 0 Å². The first-order valence-corrected chi connectivity index (χ1v) is 11.0. The Labute approximate surface area is 194 Å². The lowest BCUT2D eigenvalue weighted by molar-refractivity contribution is 0.375. The number of nitrogen functional groups attached to an aromatic ring is 1. The minimum Gasteiger partial charge on any atom is -0.464 e. The van der Waals surface area contributed by atoms with E-state index in [1.807, 2.05) is 28.8 Å². The summed E-state index contributed by atoms with van der Waals surface area (Å²) in [5.41, 5.74) is 9.73. The lowest BCUT2D eigenvalue weighted by Gasteiger charge is -2.19. The van der Waals surface area contributed by atoms with Crippen LogP contribution < -0.4 is 11.1 Å². The monoisotopic (exact) mass is 464 g/mol. The van der Waals surface area contributed by atoms with Gasteiger partial charge in [-0.25, -0.2) is 4.98 Å². The van der Waals surface area contributed by atoms with Crippen molar-refractivity contribution in [3.05, 3.63) is 48.0 Å². The lowest BCUT2D eigenvalue weighted by atomic mass is 9.97. The summed E-state index contributed by atoms with van der Waals surface area (Å²) in [6, 6.07) is 7.42. The number of hydrogen-bond donors (Lipinski definition) is 2. The van der Waals surface area contributed by atoms with Gasteiger partial charge in [0.15, 0.2) is 22.6 Å². The van der Waals surface area contributed by atoms with Crippen LogP contribution in [0.25, 0.3) is 33.6 Å². The molecule has 0 aliphatic carbocycles. The Balaban J connectivity index is 1.56. The second kappa shape index (κ2) is 8.49. The first-order valence-electron chi connectivity index (χ1n) is 11.0. The smallest absolute Gasteiger partial charge is 0.312 e. The van der Waals surface area contributed by atoms with Crippen molar-refractivity contribution in [3.63, 3.8) is 0 Å². The van der Waals surface area contributed by atoms with E-state index in [0.717, 1.165) is 17.7 Å². The highest BCUT2D eigenvalue weighted by Crippen LogP contribution is 2.31. The number of aromatic nitrogens is 6. The highest BCUT2D eigenvalue weighted by molar-refractivity contribution is 5.83. The topological polar surface area (TPSA) is 134 Å². The summed E-state index contributed by atoms with van der Waals surface area (Å²) in [5, 5.41) is 11.1. The van der Waals surface area contributed by atoms with Crippen LogP contribution in [0, 0.1) is 11.5 Å². The summed E-state index contributed by atoms with van der Waals surface area (Å²) >= 11 is 0. The Kier molecular flexibility index (Phi) is 5.48. The molecule has 0 unspecified atom stereocenters. The minimum atomic E-state index is -0.884. The van der Waals surface area contributed by atoms with Gasteiger partial charge in [0.05, 0.1) is 6.26 Å². The van der Waals surface area contributed by atoms with Crippen LogP contribution in [0.1, 0.15) is 32.2 Å². The van der Waals surface area contributed by atoms with E-state index in [2.05, 4.69) is 46.4 Å². The van der Waals surface area contributed by atoms with Crippen LogP contribution in [-0.4, -0.2) is 43.0 Å². The molecule has 0 spiro atoms. The number of rotatable bonds is 7. The highest BCUT2D eigenvalue weighted by Gasteiger charge is 2.20. The van der Waals surface area contributed by atoms with Crippen molar-refractivity contribution in [3.8, 4) is 11.3 Å². The quantitative estimate of drug-likeness (QED) is 0.274. The van der Waals surface area contributed by atoms with Gasteiger partial charge < -0.3 is 24.6 Å². The molecule has 34 heavy (non-hydrogen) atoms. The predicted octanol–water partition coefficient (Wildman–Crippen LogP) is 3.57. The van der Waals surface area contributed by atoms with E-state index in [9.17, 15) is 4.39 Å². The molecule has 11 heteroatoms. The van der Waals surface area contributed by atoms with Gasteiger partial charge >= 0.3 is 6.08 Å². The van der Waals surface area contributed by atoms with Gasteiger partial charge in [-0.2, -0.15) is 14.4 Å². The number of hydrogen-bond acceptors (Lipinski definition) is 9. The summed E-state index contributed by atoms with van der Waals surface area (Å²) < 4.78 is 26.9. The van der Waals surface area contributed by atoms with Crippen LogP contribution in [-0.2, 0) is 13.0 Å². The number of imidazole rings is 1. The number of benzene rings is 1. The molecule has 0 saturated carbocycles. The molecule has 0 amide bonds. The number of anilines is 1. The molecular formula is C23H25FN8O2. The molecule has 0 aliphatic rings. The van der Waals surface area contributed by atoms with Gasteiger partial charge in [-0.3, -0.25) is 0 Å². The number of nitrogens with zero attached hydrogens (tertiary/aromatic N) is 6. The van der Waals surface area contributed by atoms with Crippen molar-refractivity contribution < 1.29 is 13.3 Å². The molecule has 5 aromatic rings. The van der Waals surface area contributed by atoms with Gasteiger partial charge in [-0.15, -0.1) is 5.10 Å². The summed E-state index contributed by atoms with van der Waals surface area (Å²) in [4.78, 5) is 12.3.